The molecule has 0 unspecified atom stereocenters. The molecule has 2 aromatic carbocycles. The summed E-state index contributed by atoms with van der Waals surface area (Å²) in [5.74, 6) is 1.59. The van der Waals surface area contributed by atoms with Gasteiger partial charge in [0.25, 0.3) is 0 Å². The minimum Gasteiger partial charge on any atom is -0.497 e. The first-order chi connectivity index (χ1) is 12.2. The zero-order chi connectivity index (χ0) is 18.1. The summed E-state index contributed by atoms with van der Waals surface area (Å²) in [5, 5.41) is 13.2. The van der Waals surface area contributed by atoms with Crippen LogP contribution in [0.4, 0.5) is 0 Å². The number of hydrogen-bond acceptors (Lipinski definition) is 5. The van der Waals surface area contributed by atoms with Crippen LogP contribution in [0.2, 0.25) is 0 Å². The van der Waals surface area contributed by atoms with E-state index in [4.69, 9.17) is 14.2 Å². The molecule has 2 aromatic rings. The van der Waals surface area contributed by atoms with Gasteiger partial charge in [0.15, 0.2) is 0 Å². The fourth-order valence-corrected chi connectivity index (χ4v) is 2.52. The second-order valence-corrected chi connectivity index (χ2v) is 5.72. The van der Waals surface area contributed by atoms with Crippen molar-refractivity contribution in [3.63, 3.8) is 0 Å². The number of likely N-dealkylation sites (N-methyl/N-ethyl adjacent to an activating group) is 1. The number of ether oxygens (including phenoxy) is 3. The molecule has 0 spiro atoms. The van der Waals surface area contributed by atoms with Crippen molar-refractivity contribution in [2.24, 2.45) is 0 Å². The number of nitrogens with one attached hydrogen (secondary N) is 1. The van der Waals surface area contributed by atoms with E-state index in [1.165, 1.54) is 0 Å². The van der Waals surface area contributed by atoms with Gasteiger partial charge in [-0.2, -0.15) is 0 Å². The SMILES string of the molecule is CCNC[C@H](O)COC(c1ccc(OC)cc1)c1ccc(OC)cc1. The van der Waals surface area contributed by atoms with E-state index < -0.39 is 6.10 Å². The van der Waals surface area contributed by atoms with Crippen LogP contribution in [0.1, 0.15) is 24.2 Å². The minimum atomic E-state index is -0.557. The molecule has 5 heteroatoms. The van der Waals surface area contributed by atoms with Crippen molar-refractivity contribution in [1.82, 2.24) is 5.32 Å². The standard InChI is InChI=1S/C20H27NO4/c1-4-21-13-17(22)14-25-20(15-5-9-18(23-2)10-6-15)16-7-11-19(24-3)12-8-16/h5-12,17,20-22H,4,13-14H2,1-3H3/t17-/m0/s1. The van der Waals surface area contributed by atoms with Crippen LogP contribution < -0.4 is 14.8 Å². The van der Waals surface area contributed by atoms with Gasteiger partial charge in [0.05, 0.1) is 26.9 Å². The molecule has 0 fully saturated rings. The maximum atomic E-state index is 10.1. The summed E-state index contributed by atoms with van der Waals surface area (Å²) in [6, 6.07) is 15.5. The Hall–Kier alpha value is -2.08. The van der Waals surface area contributed by atoms with Crippen LogP contribution >= 0.6 is 0 Å². The highest BCUT2D eigenvalue weighted by Gasteiger charge is 2.17. The Bertz CT molecular complexity index is 565. The van der Waals surface area contributed by atoms with Crippen molar-refractivity contribution >= 4 is 0 Å². The van der Waals surface area contributed by atoms with Crippen molar-refractivity contribution in [2.75, 3.05) is 33.9 Å². The molecular formula is C20H27NO4. The van der Waals surface area contributed by atoms with E-state index in [1.54, 1.807) is 14.2 Å². The van der Waals surface area contributed by atoms with Crippen molar-refractivity contribution in [3.05, 3.63) is 59.7 Å². The number of methoxy groups -OCH3 is 2. The van der Waals surface area contributed by atoms with Crippen LogP contribution in [0, 0.1) is 0 Å². The van der Waals surface area contributed by atoms with Crippen LogP contribution in [0.15, 0.2) is 48.5 Å². The van der Waals surface area contributed by atoms with Crippen LogP contribution in [0.25, 0.3) is 0 Å². The first-order valence-corrected chi connectivity index (χ1v) is 8.46. The Morgan fingerprint density at radius 3 is 1.76 bits per heavy atom. The topological polar surface area (TPSA) is 60.0 Å². The lowest BCUT2D eigenvalue weighted by atomic mass is 10.0. The summed E-state index contributed by atoms with van der Waals surface area (Å²) in [4.78, 5) is 0. The molecule has 0 aliphatic carbocycles. The van der Waals surface area contributed by atoms with Gasteiger partial charge in [-0.25, -0.2) is 0 Å². The maximum absolute atomic E-state index is 10.1. The number of hydrogen-bond donors (Lipinski definition) is 2. The molecule has 0 heterocycles. The third-order valence-corrected chi connectivity index (χ3v) is 3.92. The van der Waals surface area contributed by atoms with Crippen LogP contribution in [-0.4, -0.2) is 45.1 Å². The van der Waals surface area contributed by atoms with Crippen molar-refractivity contribution in [3.8, 4) is 11.5 Å². The second kappa shape index (κ2) is 10.0. The molecule has 0 aromatic heterocycles. The average Bonchev–Trinajstić information content (AvgIpc) is 2.67. The largest absolute Gasteiger partial charge is 0.497 e. The summed E-state index contributed by atoms with van der Waals surface area (Å²) in [6.07, 6.45) is -0.827. The molecule has 1 atom stereocenters. The lowest BCUT2D eigenvalue weighted by Crippen LogP contribution is -2.30. The van der Waals surface area contributed by atoms with Crippen molar-refractivity contribution in [1.29, 1.82) is 0 Å². The lowest BCUT2D eigenvalue weighted by Gasteiger charge is -2.21. The molecule has 0 saturated heterocycles. The second-order valence-electron chi connectivity index (χ2n) is 5.72. The Balaban J connectivity index is 2.17. The van der Waals surface area contributed by atoms with E-state index in [0.717, 1.165) is 29.2 Å². The van der Waals surface area contributed by atoms with E-state index in [-0.39, 0.29) is 12.7 Å². The van der Waals surface area contributed by atoms with Crippen molar-refractivity contribution < 1.29 is 19.3 Å². The molecule has 5 nitrogen and oxygen atoms in total. The van der Waals surface area contributed by atoms with Crippen LogP contribution in [0.5, 0.6) is 11.5 Å². The third kappa shape index (κ3) is 5.74. The molecule has 2 N–H and O–H groups in total. The van der Waals surface area contributed by atoms with Crippen LogP contribution in [0.3, 0.4) is 0 Å². The quantitative estimate of drug-likeness (QED) is 0.693. The zero-order valence-electron chi connectivity index (χ0n) is 15.1. The van der Waals surface area contributed by atoms with Gasteiger partial charge in [-0.05, 0) is 41.9 Å². The van der Waals surface area contributed by atoms with Gasteiger partial charge in [-0.15, -0.1) is 0 Å². The smallest absolute Gasteiger partial charge is 0.118 e. The Morgan fingerprint density at radius 1 is 0.880 bits per heavy atom. The Morgan fingerprint density at radius 2 is 1.36 bits per heavy atom. The van der Waals surface area contributed by atoms with Gasteiger partial charge in [0, 0.05) is 6.54 Å². The summed E-state index contributed by atoms with van der Waals surface area (Å²) < 4.78 is 16.5. The van der Waals surface area contributed by atoms with Crippen molar-refractivity contribution in [2.45, 2.75) is 19.1 Å². The molecule has 0 bridgehead atoms. The number of aliphatic hydroxyl groups excluding tert-OH is 1. The van der Waals surface area contributed by atoms with Gasteiger partial charge >= 0.3 is 0 Å². The molecular weight excluding hydrogens is 318 g/mol. The van der Waals surface area contributed by atoms with E-state index in [9.17, 15) is 5.11 Å². The zero-order valence-corrected chi connectivity index (χ0v) is 15.1. The average molecular weight is 345 g/mol. The Labute approximate surface area is 149 Å². The molecule has 136 valence electrons. The molecule has 0 saturated carbocycles. The van der Waals surface area contributed by atoms with E-state index >= 15 is 0 Å². The molecule has 0 aliphatic rings. The summed E-state index contributed by atoms with van der Waals surface area (Å²) in [7, 11) is 3.28. The lowest BCUT2D eigenvalue weighted by molar-refractivity contribution is 0.00678. The number of rotatable bonds is 10. The van der Waals surface area contributed by atoms with Crippen LogP contribution in [-0.2, 0) is 4.74 Å². The predicted octanol–water partition coefficient (Wildman–Crippen LogP) is 2.78. The highest BCUT2D eigenvalue weighted by molar-refractivity contribution is 5.36. The fourth-order valence-electron chi connectivity index (χ4n) is 2.52. The molecule has 0 radical (unpaired) electrons. The monoisotopic (exact) mass is 345 g/mol. The van der Waals surface area contributed by atoms with Gasteiger partial charge in [-0.1, -0.05) is 31.2 Å². The summed E-state index contributed by atoms with van der Waals surface area (Å²) in [6.45, 7) is 3.58. The third-order valence-electron chi connectivity index (χ3n) is 3.92. The van der Waals surface area contributed by atoms with E-state index in [0.29, 0.717) is 6.54 Å². The van der Waals surface area contributed by atoms with Gasteiger partial charge in [0.2, 0.25) is 0 Å². The Kier molecular flexibility index (Phi) is 7.73. The highest BCUT2D eigenvalue weighted by atomic mass is 16.5. The minimum absolute atomic E-state index is 0.246. The summed E-state index contributed by atoms with van der Waals surface area (Å²) >= 11 is 0. The summed E-state index contributed by atoms with van der Waals surface area (Å²) in [5.41, 5.74) is 2.00. The predicted molar refractivity (Wildman–Crippen MR) is 98.3 cm³/mol. The molecule has 0 aliphatic heterocycles. The molecule has 25 heavy (non-hydrogen) atoms. The maximum Gasteiger partial charge on any atom is 0.118 e. The van der Waals surface area contributed by atoms with Gasteiger partial charge in [0.1, 0.15) is 17.6 Å². The number of benzene rings is 2. The first kappa shape index (κ1) is 19.2. The van der Waals surface area contributed by atoms with E-state index in [1.807, 2.05) is 55.5 Å². The molecule has 2 rings (SSSR count). The fraction of sp³-hybridized carbons (Fsp3) is 0.400. The number of aliphatic hydroxyl groups is 1. The normalized spacial score (nSPS) is 12.2. The van der Waals surface area contributed by atoms with Gasteiger partial charge in [-0.3, -0.25) is 0 Å². The van der Waals surface area contributed by atoms with Gasteiger partial charge < -0.3 is 24.6 Å². The first-order valence-electron chi connectivity index (χ1n) is 8.46. The highest BCUT2D eigenvalue weighted by Crippen LogP contribution is 2.29. The molecule has 0 amide bonds. The van der Waals surface area contributed by atoms with E-state index in [2.05, 4.69) is 5.32 Å².